The fraction of sp³-hybridized carbons (Fsp3) is 0.385. The largest absolute Gasteiger partial charge is 0.355 e. The summed E-state index contributed by atoms with van der Waals surface area (Å²) in [6.45, 7) is 2.17. The Morgan fingerprint density at radius 3 is 2.76 bits per heavy atom. The van der Waals surface area contributed by atoms with Crippen molar-refractivity contribution in [3.05, 3.63) is 40.7 Å². The van der Waals surface area contributed by atoms with Gasteiger partial charge in [-0.05, 0) is 6.07 Å². The Bertz CT molecular complexity index is 602. The Kier molecular flexibility index (Phi) is 5.52. The lowest BCUT2D eigenvalue weighted by Gasteiger charge is -2.12. The molecule has 0 radical (unpaired) electrons. The molecule has 0 unspecified atom stereocenters. The molecule has 2 heterocycles. The second-order valence-electron chi connectivity index (χ2n) is 4.49. The summed E-state index contributed by atoms with van der Waals surface area (Å²) < 4.78 is 3.84. The van der Waals surface area contributed by atoms with Gasteiger partial charge in [-0.3, -0.25) is 4.99 Å². The first-order valence-electron chi connectivity index (χ1n) is 6.51. The third-order valence-electron chi connectivity index (χ3n) is 3.10. The average molecular weight is 329 g/mol. The van der Waals surface area contributed by atoms with E-state index in [0.29, 0.717) is 16.7 Å². The first-order chi connectivity index (χ1) is 10.1. The van der Waals surface area contributed by atoms with E-state index in [9.17, 15) is 0 Å². The highest BCUT2D eigenvalue weighted by Crippen LogP contribution is 2.24. The van der Waals surface area contributed by atoms with E-state index in [4.69, 9.17) is 23.2 Å². The van der Waals surface area contributed by atoms with Crippen molar-refractivity contribution in [2.24, 2.45) is 12.0 Å². The van der Waals surface area contributed by atoms with Crippen molar-refractivity contribution in [1.29, 1.82) is 0 Å². The summed E-state index contributed by atoms with van der Waals surface area (Å²) >= 11 is 12.0. The van der Waals surface area contributed by atoms with Crippen molar-refractivity contribution < 1.29 is 0 Å². The molecule has 0 aliphatic heterocycles. The van der Waals surface area contributed by atoms with E-state index >= 15 is 0 Å². The maximum Gasteiger partial charge on any atom is 0.191 e. The summed E-state index contributed by atoms with van der Waals surface area (Å²) in [7, 11) is 3.61. The molecular weight excluding hydrogens is 311 g/mol. The van der Waals surface area contributed by atoms with Crippen LogP contribution in [0.2, 0.25) is 10.2 Å². The van der Waals surface area contributed by atoms with E-state index in [1.165, 1.54) is 0 Å². The molecule has 0 atom stereocenters. The van der Waals surface area contributed by atoms with Crippen molar-refractivity contribution in [2.75, 3.05) is 13.6 Å². The van der Waals surface area contributed by atoms with Gasteiger partial charge in [-0.2, -0.15) is 0 Å². The molecule has 114 valence electrons. The highest BCUT2D eigenvalue weighted by atomic mass is 35.5. The number of nitrogens with one attached hydrogen (secondary N) is 2. The summed E-state index contributed by atoms with van der Waals surface area (Å²) in [6.07, 6.45) is 5.47. The number of hydrogen-bond acceptors (Lipinski definition) is 2. The zero-order valence-electron chi connectivity index (χ0n) is 12.0. The van der Waals surface area contributed by atoms with Crippen molar-refractivity contribution in [2.45, 2.75) is 13.1 Å². The fourth-order valence-electron chi connectivity index (χ4n) is 1.88. The van der Waals surface area contributed by atoms with Crippen LogP contribution >= 0.6 is 23.2 Å². The Morgan fingerprint density at radius 2 is 2.19 bits per heavy atom. The van der Waals surface area contributed by atoms with Gasteiger partial charge in [-0.25, -0.2) is 4.98 Å². The zero-order valence-corrected chi connectivity index (χ0v) is 13.5. The fourth-order valence-corrected chi connectivity index (χ4v) is 2.29. The second-order valence-corrected chi connectivity index (χ2v) is 5.25. The normalized spacial score (nSPS) is 11.7. The minimum absolute atomic E-state index is 0.538. The van der Waals surface area contributed by atoms with Crippen molar-refractivity contribution >= 4 is 29.2 Å². The summed E-state index contributed by atoms with van der Waals surface area (Å²) in [5.74, 6) is 0.726. The Morgan fingerprint density at radius 1 is 1.38 bits per heavy atom. The molecule has 21 heavy (non-hydrogen) atoms. The predicted molar refractivity (Wildman–Crippen MR) is 85.9 cm³/mol. The Balaban J connectivity index is 1.81. The van der Waals surface area contributed by atoms with Gasteiger partial charge in [0.25, 0.3) is 0 Å². The van der Waals surface area contributed by atoms with Crippen LogP contribution in [0, 0.1) is 0 Å². The standard InChI is InChI=1S/C13H18Cl2N6/c1-16-13(18-4-6-21-5-3-17-9-21)19-8-10-7-11(14)12(15)20(10)2/h3,5,7,9H,4,6,8H2,1-2H3,(H2,16,18,19). The maximum atomic E-state index is 6.04. The van der Waals surface area contributed by atoms with Crippen LogP contribution in [0.1, 0.15) is 5.69 Å². The summed E-state index contributed by atoms with van der Waals surface area (Å²) in [4.78, 5) is 8.17. The van der Waals surface area contributed by atoms with Gasteiger partial charge in [0.05, 0.1) is 17.9 Å². The number of imidazole rings is 1. The minimum atomic E-state index is 0.538. The number of aliphatic imine (C=N–C) groups is 1. The maximum absolute atomic E-state index is 6.04. The van der Waals surface area contributed by atoms with Gasteiger partial charge in [0.15, 0.2) is 5.96 Å². The number of nitrogens with zero attached hydrogens (tertiary/aromatic N) is 4. The molecule has 0 spiro atoms. The second kappa shape index (κ2) is 7.38. The van der Waals surface area contributed by atoms with Crippen LogP contribution in [0.25, 0.3) is 0 Å². The van der Waals surface area contributed by atoms with Gasteiger partial charge in [0.1, 0.15) is 5.15 Å². The van der Waals surface area contributed by atoms with Gasteiger partial charge in [-0.1, -0.05) is 23.2 Å². The van der Waals surface area contributed by atoms with Crippen molar-refractivity contribution in [3.63, 3.8) is 0 Å². The lowest BCUT2D eigenvalue weighted by atomic mass is 10.4. The molecule has 2 N–H and O–H groups in total. The number of rotatable bonds is 5. The van der Waals surface area contributed by atoms with E-state index in [1.807, 2.05) is 28.4 Å². The monoisotopic (exact) mass is 328 g/mol. The molecule has 0 saturated carbocycles. The first-order valence-corrected chi connectivity index (χ1v) is 7.27. The molecule has 2 aromatic heterocycles. The molecule has 0 saturated heterocycles. The van der Waals surface area contributed by atoms with E-state index < -0.39 is 0 Å². The highest BCUT2D eigenvalue weighted by molar-refractivity contribution is 6.41. The lowest BCUT2D eigenvalue weighted by molar-refractivity contribution is 0.658. The van der Waals surface area contributed by atoms with Gasteiger partial charge >= 0.3 is 0 Å². The van der Waals surface area contributed by atoms with Crippen LogP contribution in [0.3, 0.4) is 0 Å². The van der Waals surface area contributed by atoms with E-state index in [0.717, 1.165) is 24.7 Å². The first kappa shape index (κ1) is 15.7. The van der Waals surface area contributed by atoms with Gasteiger partial charge in [0.2, 0.25) is 0 Å². The number of guanidine groups is 1. The van der Waals surface area contributed by atoms with E-state index in [-0.39, 0.29) is 0 Å². The predicted octanol–water partition coefficient (Wildman–Crippen LogP) is 1.89. The number of hydrogen-bond donors (Lipinski definition) is 2. The molecule has 0 aromatic carbocycles. The van der Waals surface area contributed by atoms with E-state index in [1.54, 1.807) is 19.6 Å². The molecule has 0 bridgehead atoms. The SMILES string of the molecule is CN=C(NCCn1ccnc1)NCc1cc(Cl)c(Cl)n1C. The van der Waals surface area contributed by atoms with Crippen molar-refractivity contribution in [1.82, 2.24) is 24.8 Å². The average Bonchev–Trinajstić information content (AvgIpc) is 3.07. The molecule has 2 aromatic rings. The van der Waals surface area contributed by atoms with Gasteiger partial charge in [0, 0.05) is 45.3 Å². The molecule has 0 amide bonds. The topological polar surface area (TPSA) is 59.2 Å². The zero-order chi connectivity index (χ0) is 15.2. The van der Waals surface area contributed by atoms with E-state index in [2.05, 4.69) is 20.6 Å². The van der Waals surface area contributed by atoms with Crippen LogP contribution in [0.4, 0.5) is 0 Å². The summed E-state index contributed by atoms with van der Waals surface area (Å²) in [5, 5.41) is 7.55. The van der Waals surface area contributed by atoms with Gasteiger partial charge < -0.3 is 19.8 Å². The quantitative estimate of drug-likeness (QED) is 0.651. The smallest absolute Gasteiger partial charge is 0.191 e. The number of aromatic nitrogens is 3. The molecule has 2 rings (SSSR count). The molecule has 8 heteroatoms. The van der Waals surface area contributed by atoms with Crippen LogP contribution in [0.15, 0.2) is 29.8 Å². The van der Waals surface area contributed by atoms with Crippen LogP contribution in [-0.2, 0) is 20.1 Å². The summed E-state index contributed by atoms with van der Waals surface area (Å²) in [5.41, 5.74) is 0.988. The molecule has 6 nitrogen and oxygen atoms in total. The Hall–Kier alpha value is -1.66. The van der Waals surface area contributed by atoms with Crippen LogP contribution in [-0.4, -0.2) is 33.7 Å². The third kappa shape index (κ3) is 4.15. The highest BCUT2D eigenvalue weighted by Gasteiger charge is 2.09. The van der Waals surface area contributed by atoms with Gasteiger partial charge in [-0.15, -0.1) is 0 Å². The number of halogens is 2. The third-order valence-corrected chi connectivity index (χ3v) is 3.94. The molecule has 0 aliphatic rings. The van der Waals surface area contributed by atoms with Crippen LogP contribution in [0.5, 0.6) is 0 Å². The lowest BCUT2D eigenvalue weighted by Crippen LogP contribution is -2.38. The molecule has 0 aliphatic carbocycles. The molecule has 0 fully saturated rings. The summed E-state index contributed by atoms with van der Waals surface area (Å²) in [6, 6.07) is 1.84. The minimum Gasteiger partial charge on any atom is -0.355 e. The molecular formula is C13H18Cl2N6. The van der Waals surface area contributed by atoms with Crippen molar-refractivity contribution in [3.8, 4) is 0 Å². The van der Waals surface area contributed by atoms with Crippen LogP contribution < -0.4 is 10.6 Å². The Labute approximate surface area is 133 Å².